The topological polar surface area (TPSA) is 58.1 Å². The highest BCUT2D eigenvalue weighted by Crippen LogP contribution is 2.34. The highest BCUT2D eigenvalue weighted by Gasteiger charge is 2.29. The molecule has 1 aromatic heterocycles. The van der Waals surface area contributed by atoms with Crippen LogP contribution in [0, 0.1) is 5.41 Å². The van der Waals surface area contributed by atoms with Crippen molar-refractivity contribution in [3.63, 3.8) is 0 Å². The number of nitrogens with one attached hydrogen (secondary N) is 1. The molecule has 4 heteroatoms. The number of aliphatic hydroxyl groups excluding tert-OH is 1. The van der Waals surface area contributed by atoms with Crippen molar-refractivity contribution >= 4 is 0 Å². The van der Waals surface area contributed by atoms with E-state index in [-0.39, 0.29) is 18.1 Å². The summed E-state index contributed by atoms with van der Waals surface area (Å²) in [6.45, 7) is 8.92. The fourth-order valence-corrected chi connectivity index (χ4v) is 1.50. The second-order valence-corrected chi connectivity index (χ2v) is 4.65. The van der Waals surface area contributed by atoms with Gasteiger partial charge in [-0.15, -0.1) is 0 Å². The van der Waals surface area contributed by atoms with Gasteiger partial charge in [-0.25, -0.2) is 4.98 Å². The SMILES string of the molecule is CCOC(c1ncc(CO)[nH]1)C(C)(C)C. The Kier molecular flexibility index (Phi) is 3.88. The standard InChI is InChI=1S/C11H20N2O2/c1-5-15-9(11(2,3)4)10-12-6-8(7-14)13-10/h6,9,14H,5,7H2,1-4H3,(H,12,13). The van der Waals surface area contributed by atoms with Crippen molar-refractivity contribution in [1.82, 2.24) is 9.97 Å². The number of nitrogens with zero attached hydrogens (tertiary/aromatic N) is 1. The third-order valence-electron chi connectivity index (χ3n) is 2.19. The first-order chi connectivity index (χ1) is 6.99. The van der Waals surface area contributed by atoms with Gasteiger partial charge in [0.25, 0.3) is 0 Å². The van der Waals surface area contributed by atoms with E-state index in [4.69, 9.17) is 9.84 Å². The summed E-state index contributed by atoms with van der Waals surface area (Å²) in [6.07, 6.45) is 1.58. The minimum atomic E-state index is -0.0669. The first-order valence-electron chi connectivity index (χ1n) is 5.25. The number of ether oxygens (including phenoxy) is 1. The number of aromatic amines is 1. The predicted octanol–water partition coefficient (Wildman–Crippen LogP) is 2.03. The molecule has 0 fully saturated rings. The summed E-state index contributed by atoms with van der Waals surface area (Å²) in [4.78, 5) is 7.30. The van der Waals surface area contributed by atoms with Crippen LogP contribution < -0.4 is 0 Å². The fourth-order valence-electron chi connectivity index (χ4n) is 1.50. The van der Waals surface area contributed by atoms with E-state index in [9.17, 15) is 0 Å². The Hall–Kier alpha value is -0.870. The Morgan fingerprint density at radius 1 is 1.53 bits per heavy atom. The minimum Gasteiger partial charge on any atom is -0.390 e. The van der Waals surface area contributed by atoms with Crippen LogP contribution in [0.3, 0.4) is 0 Å². The van der Waals surface area contributed by atoms with E-state index in [0.29, 0.717) is 6.61 Å². The molecule has 0 saturated heterocycles. The molecule has 15 heavy (non-hydrogen) atoms. The van der Waals surface area contributed by atoms with Gasteiger partial charge >= 0.3 is 0 Å². The summed E-state index contributed by atoms with van der Waals surface area (Å²) < 4.78 is 5.67. The normalized spacial score (nSPS) is 14.2. The highest BCUT2D eigenvalue weighted by molar-refractivity contribution is 5.04. The van der Waals surface area contributed by atoms with Gasteiger partial charge in [-0.3, -0.25) is 0 Å². The van der Waals surface area contributed by atoms with Gasteiger partial charge in [0, 0.05) is 6.61 Å². The second kappa shape index (κ2) is 4.77. The summed E-state index contributed by atoms with van der Waals surface area (Å²) in [5.41, 5.74) is 0.708. The van der Waals surface area contributed by atoms with Crippen molar-refractivity contribution in [2.75, 3.05) is 6.61 Å². The van der Waals surface area contributed by atoms with Crippen molar-refractivity contribution in [2.24, 2.45) is 5.41 Å². The lowest BCUT2D eigenvalue weighted by molar-refractivity contribution is -0.0187. The number of H-pyrrole nitrogens is 1. The van der Waals surface area contributed by atoms with Gasteiger partial charge < -0.3 is 14.8 Å². The maximum atomic E-state index is 8.95. The van der Waals surface area contributed by atoms with E-state index in [2.05, 4.69) is 30.7 Å². The third kappa shape index (κ3) is 3.04. The minimum absolute atomic E-state index is 0.0133. The number of hydrogen-bond donors (Lipinski definition) is 2. The molecule has 1 unspecified atom stereocenters. The summed E-state index contributed by atoms with van der Waals surface area (Å²) >= 11 is 0. The van der Waals surface area contributed by atoms with Gasteiger partial charge in [0.05, 0.1) is 18.5 Å². The molecule has 0 spiro atoms. The number of imidazole rings is 1. The third-order valence-corrected chi connectivity index (χ3v) is 2.19. The van der Waals surface area contributed by atoms with Crippen LogP contribution in [0.15, 0.2) is 6.20 Å². The zero-order chi connectivity index (χ0) is 11.5. The lowest BCUT2D eigenvalue weighted by Gasteiger charge is -2.28. The second-order valence-electron chi connectivity index (χ2n) is 4.65. The Morgan fingerprint density at radius 2 is 2.20 bits per heavy atom. The van der Waals surface area contributed by atoms with Gasteiger partial charge in [-0.2, -0.15) is 0 Å². The number of hydrogen-bond acceptors (Lipinski definition) is 3. The van der Waals surface area contributed by atoms with E-state index in [1.807, 2.05) is 6.92 Å². The molecule has 0 radical (unpaired) electrons. The molecule has 86 valence electrons. The summed E-state index contributed by atoms with van der Waals surface area (Å²) in [6, 6.07) is 0. The monoisotopic (exact) mass is 212 g/mol. The summed E-state index contributed by atoms with van der Waals surface area (Å²) in [7, 11) is 0. The molecular formula is C11H20N2O2. The van der Waals surface area contributed by atoms with E-state index in [1.165, 1.54) is 0 Å². The van der Waals surface area contributed by atoms with Crippen molar-refractivity contribution in [2.45, 2.75) is 40.4 Å². The molecule has 0 saturated carbocycles. The van der Waals surface area contributed by atoms with E-state index in [1.54, 1.807) is 6.20 Å². The van der Waals surface area contributed by atoms with E-state index < -0.39 is 0 Å². The first kappa shape index (κ1) is 12.2. The van der Waals surface area contributed by atoms with Gasteiger partial charge in [0.15, 0.2) is 0 Å². The quantitative estimate of drug-likeness (QED) is 0.802. The zero-order valence-corrected chi connectivity index (χ0v) is 9.87. The van der Waals surface area contributed by atoms with Crippen LogP contribution in [-0.2, 0) is 11.3 Å². The Balaban J connectivity index is 2.88. The Labute approximate surface area is 90.7 Å². The predicted molar refractivity (Wildman–Crippen MR) is 58.3 cm³/mol. The molecule has 0 aliphatic rings. The molecule has 1 rings (SSSR count). The largest absolute Gasteiger partial charge is 0.390 e. The van der Waals surface area contributed by atoms with Gasteiger partial charge in [0.1, 0.15) is 11.9 Å². The Bertz CT molecular complexity index is 302. The number of aliphatic hydroxyl groups is 1. The lowest BCUT2D eigenvalue weighted by atomic mass is 9.88. The fraction of sp³-hybridized carbons (Fsp3) is 0.727. The number of rotatable bonds is 4. The Morgan fingerprint density at radius 3 is 2.60 bits per heavy atom. The molecule has 0 bridgehead atoms. The molecule has 0 aliphatic carbocycles. The lowest BCUT2D eigenvalue weighted by Crippen LogP contribution is -2.22. The maximum Gasteiger partial charge on any atom is 0.136 e. The first-order valence-corrected chi connectivity index (χ1v) is 5.25. The molecule has 0 amide bonds. The van der Waals surface area contributed by atoms with Crippen LogP contribution in [-0.4, -0.2) is 21.7 Å². The molecule has 4 nitrogen and oxygen atoms in total. The van der Waals surface area contributed by atoms with Crippen LogP contribution in [0.2, 0.25) is 0 Å². The van der Waals surface area contributed by atoms with Crippen LogP contribution in [0.4, 0.5) is 0 Å². The highest BCUT2D eigenvalue weighted by atomic mass is 16.5. The average molecular weight is 212 g/mol. The summed E-state index contributed by atoms with van der Waals surface area (Å²) in [5.74, 6) is 0.786. The molecule has 0 aliphatic heterocycles. The van der Waals surface area contributed by atoms with Gasteiger partial charge in [-0.05, 0) is 12.3 Å². The molecular weight excluding hydrogens is 192 g/mol. The van der Waals surface area contributed by atoms with E-state index >= 15 is 0 Å². The molecule has 1 atom stereocenters. The average Bonchev–Trinajstić information content (AvgIpc) is 2.60. The molecule has 1 heterocycles. The maximum absolute atomic E-state index is 8.95. The molecule has 1 aromatic rings. The molecule has 2 N–H and O–H groups in total. The molecule has 0 aromatic carbocycles. The van der Waals surface area contributed by atoms with Crippen molar-refractivity contribution in [3.05, 3.63) is 17.7 Å². The smallest absolute Gasteiger partial charge is 0.136 e. The van der Waals surface area contributed by atoms with Gasteiger partial charge in [-0.1, -0.05) is 20.8 Å². The zero-order valence-electron chi connectivity index (χ0n) is 9.87. The van der Waals surface area contributed by atoms with Crippen LogP contribution in [0.1, 0.15) is 45.3 Å². The van der Waals surface area contributed by atoms with E-state index in [0.717, 1.165) is 11.5 Å². The van der Waals surface area contributed by atoms with Crippen LogP contribution in [0.5, 0.6) is 0 Å². The van der Waals surface area contributed by atoms with Crippen molar-refractivity contribution in [1.29, 1.82) is 0 Å². The van der Waals surface area contributed by atoms with Crippen molar-refractivity contribution < 1.29 is 9.84 Å². The van der Waals surface area contributed by atoms with Crippen LogP contribution in [0.25, 0.3) is 0 Å². The summed E-state index contributed by atoms with van der Waals surface area (Å²) in [5, 5.41) is 8.95. The van der Waals surface area contributed by atoms with Gasteiger partial charge in [0.2, 0.25) is 0 Å². The van der Waals surface area contributed by atoms with Crippen molar-refractivity contribution in [3.8, 4) is 0 Å². The van der Waals surface area contributed by atoms with Crippen LogP contribution >= 0.6 is 0 Å². The number of aromatic nitrogens is 2.